The Morgan fingerprint density at radius 2 is 1.73 bits per heavy atom. The van der Waals surface area contributed by atoms with Crippen LogP contribution in [-0.2, 0) is 0 Å². The van der Waals surface area contributed by atoms with E-state index in [2.05, 4.69) is 10.3 Å². The average Bonchev–Trinajstić information content (AvgIpc) is 2.54. The molecule has 3 rings (SSSR count). The van der Waals surface area contributed by atoms with Crippen molar-refractivity contribution in [3.63, 3.8) is 0 Å². The Hall–Kier alpha value is -2.88. The minimum absolute atomic E-state index is 0.129. The Labute approximate surface area is 129 Å². The smallest absolute Gasteiger partial charge is 0.256 e. The maximum absolute atomic E-state index is 12.5. The number of nitrogens with zero attached hydrogens (tertiary/aromatic N) is 2. The summed E-state index contributed by atoms with van der Waals surface area (Å²) in [6, 6.07) is 17.1. The van der Waals surface area contributed by atoms with Crippen LogP contribution in [0.3, 0.4) is 0 Å². The van der Waals surface area contributed by atoms with Gasteiger partial charge in [0.25, 0.3) is 5.91 Å². The number of hydrogen-bond acceptors (Lipinski definition) is 3. The standard InChI is InChI=1S/C18H17N3O/c1-21(2)14-9-7-13(8-10-14)20-18(22)16-11-12-19-17-6-4-3-5-15(16)17/h3-12H,1-2H3,(H,20,22). The number of carbonyl (C=O) groups excluding carboxylic acids is 1. The van der Waals surface area contributed by atoms with Crippen LogP contribution in [0.5, 0.6) is 0 Å². The maximum atomic E-state index is 12.5. The Kier molecular flexibility index (Phi) is 3.74. The molecule has 0 saturated carbocycles. The van der Waals surface area contributed by atoms with Gasteiger partial charge in [0.2, 0.25) is 0 Å². The van der Waals surface area contributed by atoms with Gasteiger partial charge in [0.1, 0.15) is 0 Å². The summed E-state index contributed by atoms with van der Waals surface area (Å²) in [5, 5.41) is 3.79. The van der Waals surface area contributed by atoms with Crippen LogP contribution < -0.4 is 10.2 Å². The Morgan fingerprint density at radius 3 is 2.45 bits per heavy atom. The van der Waals surface area contributed by atoms with Crippen molar-refractivity contribution in [2.45, 2.75) is 0 Å². The molecule has 1 amide bonds. The summed E-state index contributed by atoms with van der Waals surface area (Å²) >= 11 is 0. The van der Waals surface area contributed by atoms with Crippen molar-refractivity contribution in [2.75, 3.05) is 24.3 Å². The number of amides is 1. The first-order chi connectivity index (χ1) is 10.6. The van der Waals surface area contributed by atoms with Crippen LogP contribution in [-0.4, -0.2) is 25.0 Å². The molecule has 22 heavy (non-hydrogen) atoms. The van der Waals surface area contributed by atoms with Gasteiger partial charge in [0.05, 0.1) is 11.1 Å². The zero-order chi connectivity index (χ0) is 15.5. The van der Waals surface area contributed by atoms with Gasteiger partial charge in [-0.15, -0.1) is 0 Å². The van der Waals surface area contributed by atoms with E-state index in [4.69, 9.17) is 0 Å². The van der Waals surface area contributed by atoms with Crippen LogP contribution >= 0.6 is 0 Å². The highest BCUT2D eigenvalue weighted by atomic mass is 16.1. The van der Waals surface area contributed by atoms with E-state index in [1.54, 1.807) is 12.3 Å². The van der Waals surface area contributed by atoms with Gasteiger partial charge < -0.3 is 10.2 Å². The lowest BCUT2D eigenvalue weighted by molar-refractivity contribution is 0.102. The SMILES string of the molecule is CN(C)c1ccc(NC(=O)c2ccnc3ccccc23)cc1. The fourth-order valence-electron chi connectivity index (χ4n) is 2.34. The van der Waals surface area contributed by atoms with Gasteiger partial charge in [-0.25, -0.2) is 0 Å². The molecule has 0 saturated heterocycles. The molecule has 1 aromatic heterocycles. The highest BCUT2D eigenvalue weighted by molar-refractivity contribution is 6.12. The van der Waals surface area contributed by atoms with Gasteiger partial charge in [-0.1, -0.05) is 18.2 Å². The average molecular weight is 291 g/mol. The molecule has 0 spiro atoms. The lowest BCUT2D eigenvalue weighted by Gasteiger charge is -2.13. The van der Waals surface area contributed by atoms with Gasteiger partial charge in [-0.05, 0) is 36.4 Å². The van der Waals surface area contributed by atoms with E-state index in [0.717, 1.165) is 22.3 Å². The normalized spacial score (nSPS) is 10.5. The number of anilines is 2. The van der Waals surface area contributed by atoms with Crippen LogP contribution in [0.4, 0.5) is 11.4 Å². The van der Waals surface area contributed by atoms with Crippen molar-refractivity contribution >= 4 is 28.2 Å². The molecule has 2 aromatic carbocycles. The second kappa shape index (κ2) is 5.85. The molecule has 1 N–H and O–H groups in total. The summed E-state index contributed by atoms with van der Waals surface area (Å²) in [5.74, 6) is -0.129. The van der Waals surface area contributed by atoms with Crippen molar-refractivity contribution in [2.24, 2.45) is 0 Å². The summed E-state index contributed by atoms with van der Waals surface area (Å²) in [6.45, 7) is 0. The van der Waals surface area contributed by atoms with E-state index >= 15 is 0 Å². The molecular formula is C18H17N3O. The number of carbonyl (C=O) groups is 1. The van der Waals surface area contributed by atoms with Crippen molar-refractivity contribution < 1.29 is 4.79 Å². The molecule has 0 aliphatic carbocycles. The number of fused-ring (bicyclic) bond motifs is 1. The number of para-hydroxylation sites is 1. The van der Waals surface area contributed by atoms with Gasteiger partial charge in [-0.3, -0.25) is 9.78 Å². The summed E-state index contributed by atoms with van der Waals surface area (Å²) < 4.78 is 0. The number of rotatable bonds is 3. The Bertz CT molecular complexity index is 805. The van der Waals surface area contributed by atoms with Crippen molar-refractivity contribution in [3.05, 3.63) is 66.4 Å². The third-order valence-electron chi connectivity index (χ3n) is 3.54. The molecular weight excluding hydrogens is 274 g/mol. The number of pyridine rings is 1. The van der Waals surface area contributed by atoms with Gasteiger partial charge in [-0.2, -0.15) is 0 Å². The molecule has 110 valence electrons. The topological polar surface area (TPSA) is 45.2 Å². The molecule has 0 radical (unpaired) electrons. The summed E-state index contributed by atoms with van der Waals surface area (Å²) in [6.07, 6.45) is 1.66. The fourth-order valence-corrected chi connectivity index (χ4v) is 2.34. The molecule has 4 heteroatoms. The monoisotopic (exact) mass is 291 g/mol. The van der Waals surface area contributed by atoms with E-state index in [1.165, 1.54) is 0 Å². The molecule has 4 nitrogen and oxygen atoms in total. The van der Waals surface area contributed by atoms with E-state index in [1.807, 2.05) is 67.5 Å². The molecule has 1 heterocycles. The third kappa shape index (κ3) is 2.76. The molecule has 0 atom stereocenters. The van der Waals surface area contributed by atoms with Crippen LogP contribution in [0.25, 0.3) is 10.9 Å². The molecule has 0 bridgehead atoms. The van der Waals surface area contributed by atoms with Crippen LogP contribution in [0, 0.1) is 0 Å². The van der Waals surface area contributed by atoms with Crippen LogP contribution in [0.1, 0.15) is 10.4 Å². The van der Waals surface area contributed by atoms with E-state index in [9.17, 15) is 4.79 Å². The Balaban J connectivity index is 1.87. The predicted molar refractivity (Wildman–Crippen MR) is 90.5 cm³/mol. The van der Waals surface area contributed by atoms with Crippen LogP contribution in [0.2, 0.25) is 0 Å². The highest BCUT2D eigenvalue weighted by Gasteiger charge is 2.10. The van der Waals surface area contributed by atoms with Crippen molar-refractivity contribution in [1.29, 1.82) is 0 Å². The highest BCUT2D eigenvalue weighted by Crippen LogP contribution is 2.19. The zero-order valence-electron chi connectivity index (χ0n) is 12.6. The summed E-state index contributed by atoms with van der Waals surface area (Å²) in [7, 11) is 3.97. The third-order valence-corrected chi connectivity index (χ3v) is 3.54. The second-order valence-electron chi connectivity index (χ2n) is 5.27. The van der Waals surface area contributed by atoms with Crippen molar-refractivity contribution in [3.8, 4) is 0 Å². The first kappa shape index (κ1) is 14.1. The van der Waals surface area contributed by atoms with E-state index in [-0.39, 0.29) is 5.91 Å². The summed E-state index contributed by atoms with van der Waals surface area (Å²) in [4.78, 5) is 18.8. The first-order valence-electron chi connectivity index (χ1n) is 7.07. The first-order valence-corrected chi connectivity index (χ1v) is 7.07. The molecule has 0 aliphatic rings. The Morgan fingerprint density at radius 1 is 1.00 bits per heavy atom. The number of aromatic nitrogens is 1. The van der Waals surface area contributed by atoms with Gasteiger partial charge in [0, 0.05) is 37.1 Å². The largest absolute Gasteiger partial charge is 0.378 e. The van der Waals surface area contributed by atoms with E-state index in [0.29, 0.717) is 5.56 Å². The number of nitrogens with one attached hydrogen (secondary N) is 1. The van der Waals surface area contributed by atoms with Crippen LogP contribution in [0.15, 0.2) is 60.8 Å². The second-order valence-corrected chi connectivity index (χ2v) is 5.27. The number of hydrogen-bond donors (Lipinski definition) is 1. The molecule has 0 unspecified atom stereocenters. The number of benzene rings is 2. The lowest BCUT2D eigenvalue weighted by Crippen LogP contribution is -2.13. The van der Waals surface area contributed by atoms with E-state index < -0.39 is 0 Å². The minimum Gasteiger partial charge on any atom is -0.378 e. The molecule has 0 fully saturated rings. The minimum atomic E-state index is -0.129. The molecule has 3 aromatic rings. The van der Waals surface area contributed by atoms with Gasteiger partial charge >= 0.3 is 0 Å². The lowest BCUT2D eigenvalue weighted by atomic mass is 10.1. The fraction of sp³-hybridized carbons (Fsp3) is 0.111. The maximum Gasteiger partial charge on any atom is 0.256 e. The predicted octanol–water partition coefficient (Wildman–Crippen LogP) is 3.55. The summed E-state index contributed by atoms with van der Waals surface area (Å²) in [5.41, 5.74) is 3.31. The van der Waals surface area contributed by atoms with Gasteiger partial charge in [0.15, 0.2) is 0 Å². The quantitative estimate of drug-likeness (QED) is 0.802. The molecule has 0 aliphatic heterocycles. The zero-order valence-corrected chi connectivity index (χ0v) is 12.6. The van der Waals surface area contributed by atoms with Crippen molar-refractivity contribution in [1.82, 2.24) is 4.98 Å².